The van der Waals surface area contributed by atoms with Crippen LogP contribution in [0, 0.1) is 0 Å². The van der Waals surface area contributed by atoms with Crippen LogP contribution in [-0.4, -0.2) is 17.1 Å². The van der Waals surface area contributed by atoms with Gasteiger partial charge in [-0.05, 0) is 47.0 Å². The fourth-order valence-electron chi connectivity index (χ4n) is 3.07. The van der Waals surface area contributed by atoms with Crippen LogP contribution in [0.1, 0.15) is 16.7 Å². The summed E-state index contributed by atoms with van der Waals surface area (Å²) in [5.74, 6) is 1.58. The van der Waals surface area contributed by atoms with Crippen molar-refractivity contribution < 1.29 is 9.47 Å². The predicted octanol–water partition coefficient (Wildman–Crippen LogP) is 5.39. The molecule has 5 heteroatoms. The molecule has 2 aromatic carbocycles. The second-order valence-electron chi connectivity index (χ2n) is 6.28. The summed E-state index contributed by atoms with van der Waals surface area (Å²) in [6.07, 6.45) is 4.55. The topological polar surface area (TPSA) is 47.1 Å². The molecular weight excluding hydrogens is 360 g/mol. The van der Waals surface area contributed by atoms with E-state index in [2.05, 4.69) is 16.0 Å². The minimum absolute atomic E-state index is 0.480. The summed E-state index contributed by atoms with van der Waals surface area (Å²) in [5.41, 5.74) is 4.25. The van der Waals surface area contributed by atoms with Gasteiger partial charge in [-0.1, -0.05) is 29.8 Å². The Morgan fingerprint density at radius 3 is 2.70 bits per heavy atom. The molecule has 0 spiro atoms. The van der Waals surface area contributed by atoms with E-state index in [1.807, 2.05) is 54.7 Å². The van der Waals surface area contributed by atoms with Crippen LogP contribution < -0.4 is 9.47 Å². The molecule has 0 aliphatic rings. The van der Waals surface area contributed by atoms with Crippen LogP contribution in [0.25, 0.3) is 11.0 Å². The molecule has 4 rings (SSSR count). The molecule has 0 bridgehead atoms. The SMILES string of the molecule is COc1cc(OCc2ccc(Cl)cc2)ccc1Cc1c[nH]c2ncccc12. The first kappa shape index (κ1) is 17.4. The second kappa shape index (κ2) is 7.72. The number of hydrogen-bond acceptors (Lipinski definition) is 3. The first-order chi connectivity index (χ1) is 13.2. The molecule has 136 valence electrons. The number of aromatic amines is 1. The Labute approximate surface area is 162 Å². The zero-order chi connectivity index (χ0) is 18.6. The molecule has 0 fully saturated rings. The van der Waals surface area contributed by atoms with E-state index < -0.39 is 0 Å². The Kier molecular flexibility index (Phi) is 4.99. The smallest absolute Gasteiger partial charge is 0.137 e. The van der Waals surface area contributed by atoms with Gasteiger partial charge in [0.15, 0.2) is 0 Å². The highest BCUT2D eigenvalue weighted by Crippen LogP contribution is 2.29. The monoisotopic (exact) mass is 378 g/mol. The maximum atomic E-state index is 5.92. The van der Waals surface area contributed by atoms with Crippen molar-refractivity contribution in [1.82, 2.24) is 9.97 Å². The second-order valence-corrected chi connectivity index (χ2v) is 6.72. The molecule has 0 aliphatic carbocycles. The number of benzene rings is 2. The zero-order valence-electron chi connectivity index (χ0n) is 14.9. The lowest BCUT2D eigenvalue weighted by atomic mass is 10.0. The van der Waals surface area contributed by atoms with E-state index in [1.165, 1.54) is 5.56 Å². The number of fused-ring (bicyclic) bond motifs is 1. The van der Waals surface area contributed by atoms with Crippen LogP contribution in [0.4, 0.5) is 0 Å². The quantitative estimate of drug-likeness (QED) is 0.489. The van der Waals surface area contributed by atoms with Crippen LogP contribution in [-0.2, 0) is 13.0 Å². The molecular formula is C22H19ClN2O2. The van der Waals surface area contributed by atoms with Gasteiger partial charge in [0.05, 0.1) is 7.11 Å². The maximum absolute atomic E-state index is 5.92. The van der Waals surface area contributed by atoms with Gasteiger partial charge in [0.25, 0.3) is 0 Å². The average molecular weight is 379 g/mol. The number of nitrogens with one attached hydrogen (secondary N) is 1. The van der Waals surface area contributed by atoms with E-state index in [1.54, 1.807) is 13.3 Å². The molecule has 0 aliphatic heterocycles. The molecule has 0 saturated heterocycles. The molecule has 0 amide bonds. The summed E-state index contributed by atoms with van der Waals surface area (Å²) in [5, 5.41) is 1.85. The van der Waals surface area contributed by atoms with Crippen molar-refractivity contribution in [3.8, 4) is 11.5 Å². The number of H-pyrrole nitrogens is 1. The fraction of sp³-hybridized carbons (Fsp3) is 0.136. The normalized spacial score (nSPS) is 10.9. The van der Waals surface area contributed by atoms with Crippen molar-refractivity contribution in [3.63, 3.8) is 0 Å². The molecule has 0 unspecified atom stereocenters. The molecule has 0 radical (unpaired) electrons. The molecule has 4 aromatic rings. The van der Waals surface area contributed by atoms with Gasteiger partial charge in [-0.3, -0.25) is 0 Å². The molecule has 0 saturated carbocycles. The van der Waals surface area contributed by atoms with Gasteiger partial charge in [0, 0.05) is 35.3 Å². The minimum atomic E-state index is 0.480. The highest BCUT2D eigenvalue weighted by molar-refractivity contribution is 6.30. The Morgan fingerprint density at radius 1 is 1.04 bits per heavy atom. The lowest BCUT2D eigenvalue weighted by Gasteiger charge is -2.12. The summed E-state index contributed by atoms with van der Waals surface area (Å²) in [7, 11) is 1.68. The minimum Gasteiger partial charge on any atom is -0.496 e. The first-order valence-corrected chi connectivity index (χ1v) is 9.06. The highest BCUT2D eigenvalue weighted by Gasteiger charge is 2.10. The van der Waals surface area contributed by atoms with E-state index in [-0.39, 0.29) is 0 Å². The maximum Gasteiger partial charge on any atom is 0.137 e. The summed E-state index contributed by atoms with van der Waals surface area (Å²) < 4.78 is 11.5. The molecule has 27 heavy (non-hydrogen) atoms. The largest absolute Gasteiger partial charge is 0.496 e. The highest BCUT2D eigenvalue weighted by atomic mass is 35.5. The van der Waals surface area contributed by atoms with Crippen LogP contribution in [0.3, 0.4) is 0 Å². The van der Waals surface area contributed by atoms with E-state index in [4.69, 9.17) is 21.1 Å². The van der Waals surface area contributed by atoms with E-state index in [9.17, 15) is 0 Å². The van der Waals surface area contributed by atoms with E-state index >= 15 is 0 Å². The molecule has 2 aromatic heterocycles. The van der Waals surface area contributed by atoms with Gasteiger partial charge in [-0.2, -0.15) is 0 Å². The predicted molar refractivity (Wildman–Crippen MR) is 108 cm³/mol. The third-order valence-electron chi connectivity index (χ3n) is 4.49. The Balaban J connectivity index is 1.51. The lowest BCUT2D eigenvalue weighted by Crippen LogP contribution is -1.98. The number of halogens is 1. The van der Waals surface area contributed by atoms with Crippen molar-refractivity contribution in [2.45, 2.75) is 13.0 Å². The van der Waals surface area contributed by atoms with Crippen molar-refractivity contribution in [2.24, 2.45) is 0 Å². The fourth-order valence-corrected chi connectivity index (χ4v) is 3.20. The summed E-state index contributed by atoms with van der Waals surface area (Å²) in [6.45, 7) is 0.480. The van der Waals surface area contributed by atoms with Gasteiger partial charge in [0.1, 0.15) is 23.8 Å². The summed E-state index contributed by atoms with van der Waals surface area (Å²) >= 11 is 5.92. The average Bonchev–Trinajstić information content (AvgIpc) is 3.11. The number of rotatable bonds is 6. The lowest BCUT2D eigenvalue weighted by molar-refractivity contribution is 0.303. The van der Waals surface area contributed by atoms with Gasteiger partial charge >= 0.3 is 0 Å². The number of hydrogen-bond donors (Lipinski definition) is 1. The third-order valence-corrected chi connectivity index (χ3v) is 4.75. The first-order valence-electron chi connectivity index (χ1n) is 8.68. The molecule has 0 atom stereocenters. The number of aromatic nitrogens is 2. The molecule has 2 heterocycles. The standard InChI is InChI=1S/C22H19ClN2O2/c1-26-21-12-19(27-14-15-4-7-18(23)8-5-15)9-6-16(21)11-17-13-25-22-20(17)3-2-10-24-22/h2-10,12-13H,11,14H2,1H3,(H,24,25). The number of pyridine rings is 1. The van der Waals surface area contributed by atoms with Crippen LogP contribution in [0.15, 0.2) is 67.0 Å². The van der Waals surface area contributed by atoms with Crippen molar-refractivity contribution in [3.05, 3.63) is 88.7 Å². The Morgan fingerprint density at radius 2 is 1.89 bits per heavy atom. The van der Waals surface area contributed by atoms with Crippen LogP contribution in [0.5, 0.6) is 11.5 Å². The van der Waals surface area contributed by atoms with Crippen LogP contribution in [0.2, 0.25) is 5.02 Å². The van der Waals surface area contributed by atoms with Crippen molar-refractivity contribution in [1.29, 1.82) is 0 Å². The van der Waals surface area contributed by atoms with E-state index in [0.717, 1.165) is 45.1 Å². The van der Waals surface area contributed by atoms with Crippen molar-refractivity contribution in [2.75, 3.05) is 7.11 Å². The molecule has 1 N–H and O–H groups in total. The third kappa shape index (κ3) is 3.91. The number of methoxy groups -OCH3 is 1. The molecule has 4 nitrogen and oxygen atoms in total. The summed E-state index contributed by atoms with van der Waals surface area (Å²) in [4.78, 5) is 7.56. The van der Waals surface area contributed by atoms with Crippen molar-refractivity contribution >= 4 is 22.6 Å². The Bertz CT molecular complexity index is 1060. The van der Waals surface area contributed by atoms with Gasteiger partial charge < -0.3 is 14.5 Å². The van der Waals surface area contributed by atoms with Crippen LogP contribution >= 0.6 is 11.6 Å². The van der Waals surface area contributed by atoms with E-state index in [0.29, 0.717) is 6.61 Å². The number of ether oxygens (including phenoxy) is 2. The zero-order valence-corrected chi connectivity index (χ0v) is 15.7. The Hall–Kier alpha value is -2.98. The van der Waals surface area contributed by atoms with Gasteiger partial charge in [-0.25, -0.2) is 4.98 Å². The van der Waals surface area contributed by atoms with Gasteiger partial charge in [0.2, 0.25) is 0 Å². The number of nitrogens with zero attached hydrogens (tertiary/aromatic N) is 1. The van der Waals surface area contributed by atoms with Gasteiger partial charge in [-0.15, -0.1) is 0 Å². The summed E-state index contributed by atoms with van der Waals surface area (Å²) in [6, 6.07) is 17.6.